The molecule has 1 aliphatic heterocycles. The highest BCUT2D eigenvalue weighted by molar-refractivity contribution is 7.91. The fourth-order valence-corrected chi connectivity index (χ4v) is 4.50. The van der Waals surface area contributed by atoms with Crippen molar-refractivity contribution in [2.75, 3.05) is 0 Å². The molecule has 0 radical (unpaired) electrons. The number of quaternary nitrogens is 2. The van der Waals surface area contributed by atoms with Crippen molar-refractivity contribution in [2.24, 2.45) is 11.0 Å². The lowest BCUT2D eigenvalue weighted by molar-refractivity contribution is -0.952. The average molecular weight is 435 g/mol. The Bertz CT molecular complexity index is 1180. The zero-order chi connectivity index (χ0) is 20.8. The Labute approximate surface area is 168 Å². The fraction of sp³-hybridized carbons (Fsp3) is 0.200. The Morgan fingerprint density at radius 3 is 2.79 bits per heavy atom. The third-order valence-electron chi connectivity index (χ3n) is 4.25. The Kier molecular flexibility index (Phi) is 4.98. The fourth-order valence-electron chi connectivity index (χ4n) is 2.67. The first-order valence-electron chi connectivity index (χ1n) is 8.27. The Hall–Kier alpha value is -2.61. The quantitative estimate of drug-likeness (QED) is 0.321. The minimum atomic E-state index is -4.09. The van der Waals surface area contributed by atoms with Gasteiger partial charge in [0.15, 0.2) is 11.5 Å². The lowest BCUT2D eigenvalue weighted by Gasteiger charge is -2.23. The summed E-state index contributed by atoms with van der Waals surface area (Å²) in [5.74, 6) is -0.145. The van der Waals surface area contributed by atoms with E-state index in [-0.39, 0.29) is 38.2 Å². The summed E-state index contributed by atoms with van der Waals surface area (Å²) in [6.45, 7) is 0. The maximum atomic E-state index is 12.8. The van der Waals surface area contributed by atoms with Gasteiger partial charge in [-0.3, -0.25) is 0 Å². The summed E-state index contributed by atoms with van der Waals surface area (Å²) in [4.78, 5) is 9.58. The number of nitrogens with zero attached hydrogens (tertiary/aromatic N) is 4. The second-order valence-electron chi connectivity index (χ2n) is 6.29. The maximum Gasteiger partial charge on any atom is 0.326 e. The molecule has 29 heavy (non-hydrogen) atoms. The number of hydrogen-bond acceptors (Lipinski definition) is 10. The van der Waals surface area contributed by atoms with E-state index in [9.17, 15) is 24.1 Å². The van der Waals surface area contributed by atoms with Gasteiger partial charge in [0.2, 0.25) is 5.82 Å². The zero-order valence-corrected chi connectivity index (χ0v) is 16.1. The van der Waals surface area contributed by atoms with Crippen LogP contribution >= 0.6 is 11.3 Å². The summed E-state index contributed by atoms with van der Waals surface area (Å²) in [7, 11) is -4.09. The molecule has 0 amide bonds. The molecule has 4 N–H and O–H groups in total. The molecular weight excluding hydrogens is 422 g/mol. The molecule has 2 unspecified atom stereocenters. The number of allylic oxidation sites excluding steroid dienone is 1. The van der Waals surface area contributed by atoms with Crippen LogP contribution in [-0.4, -0.2) is 29.3 Å². The molecule has 12 nitrogen and oxygen atoms in total. The molecule has 1 saturated carbocycles. The molecule has 0 saturated heterocycles. The highest BCUT2D eigenvalue weighted by Crippen LogP contribution is 2.31. The topological polar surface area (TPSA) is 183 Å². The van der Waals surface area contributed by atoms with Crippen molar-refractivity contribution in [1.82, 2.24) is 14.9 Å². The van der Waals surface area contributed by atoms with E-state index in [1.807, 2.05) is 6.07 Å². The van der Waals surface area contributed by atoms with Gasteiger partial charge >= 0.3 is 5.82 Å². The molecule has 0 bridgehead atoms. The van der Waals surface area contributed by atoms with Crippen LogP contribution in [0.1, 0.15) is 18.5 Å². The van der Waals surface area contributed by atoms with Crippen LogP contribution in [0.25, 0.3) is 10.7 Å². The molecule has 150 valence electrons. The Morgan fingerprint density at radius 2 is 2.14 bits per heavy atom. The molecular formula is C15H13N7O5S2. The summed E-state index contributed by atoms with van der Waals surface area (Å²) < 4.78 is 23.2. The number of nitrogens with one attached hydrogen (secondary N) is 3. The first-order chi connectivity index (χ1) is 13.8. The van der Waals surface area contributed by atoms with Crippen LogP contribution in [0.5, 0.6) is 0 Å². The molecule has 2 atom stereocenters. The number of thiophene rings is 1. The standard InChI is InChI=1S/C15H13N7O5S2/c16-7-9-5-12(21(24)13-6-10(8-1-2-8)19-22(13)25)18-15(17-9)11-3-4-14(28-11)29(26,27)20-23/h3-6,8,20-23H,1-2H2. The van der Waals surface area contributed by atoms with Gasteiger partial charge in [-0.05, 0) is 25.0 Å². The molecule has 2 aliphatic rings. The lowest BCUT2D eigenvalue weighted by Crippen LogP contribution is -3.19. The van der Waals surface area contributed by atoms with E-state index in [1.54, 1.807) is 0 Å². The van der Waals surface area contributed by atoms with E-state index in [1.165, 1.54) is 23.1 Å². The van der Waals surface area contributed by atoms with Crippen molar-refractivity contribution in [3.8, 4) is 16.8 Å². The highest BCUT2D eigenvalue weighted by Gasteiger charge is 2.35. The maximum absolute atomic E-state index is 12.8. The van der Waals surface area contributed by atoms with Gasteiger partial charge in [-0.25, -0.2) is 18.5 Å². The average Bonchev–Trinajstić information content (AvgIpc) is 3.31. The highest BCUT2D eigenvalue weighted by atomic mass is 32.2. The molecule has 1 fully saturated rings. The van der Waals surface area contributed by atoms with Crippen LogP contribution in [0.2, 0.25) is 0 Å². The van der Waals surface area contributed by atoms with Gasteiger partial charge in [0.1, 0.15) is 16.0 Å². The van der Waals surface area contributed by atoms with Crippen LogP contribution in [0.4, 0.5) is 5.82 Å². The van der Waals surface area contributed by atoms with Crippen molar-refractivity contribution in [3.63, 3.8) is 0 Å². The minimum absolute atomic E-state index is 0.0498. The van der Waals surface area contributed by atoms with Gasteiger partial charge in [-0.2, -0.15) is 15.4 Å². The molecule has 2 aromatic rings. The third-order valence-corrected chi connectivity index (χ3v) is 6.94. The minimum Gasteiger partial charge on any atom is -0.618 e. The van der Waals surface area contributed by atoms with Crippen LogP contribution < -0.4 is 15.1 Å². The second-order valence-corrected chi connectivity index (χ2v) is 9.26. The van der Waals surface area contributed by atoms with E-state index in [2.05, 4.69) is 15.1 Å². The largest absolute Gasteiger partial charge is 0.618 e. The van der Waals surface area contributed by atoms with E-state index < -0.39 is 20.3 Å². The smallest absolute Gasteiger partial charge is 0.326 e. The Morgan fingerprint density at radius 1 is 1.38 bits per heavy atom. The number of rotatable bonds is 6. The monoisotopic (exact) mass is 435 g/mol. The summed E-state index contributed by atoms with van der Waals surface area (Å²) >= 11 is 0.742. The number of nitriles is 1. The molecule has 3 heterocycles. The number of hydrogen-bond donors (Lipinski definition) is 4. The van der Waals surface area contributed by atoms with Gasteiger partial charge in [0.05, 0.1) is 17.0 Å². The third kappa shape index (κ3) is 3.81. The van der Waals surface area contributed by atoms with Gasteiger partial charge in [-0.1, -0.05) is 9.99 Å². The van der Waals surface area contributed by atoms with E-state index in [4.69, 9.17) is 5.21 Å². The number of hydroxylamine groups is 2. The van der Waals surface area contributed by atoms with Gasteiger partial charge in [-0.15, -0.1) is 11.3 Å². The lowest BCUT2D eigenvalue weighted by atomic mass is 10.2. The van der Waals surface area contributed by atoms with Gasteiger partial charge in [0.25, 0.3) is 10.0 Å². The summed E-state index contributed by atoms with van der Waals surface area (Å²) in [5, 5.41) is 45.5. The van der Waals surface area contributed by atoms with Crippen molar-refractivity contribution < 1.29 is 23.9 Å². The van der Waals surface area contributed by atoms with Gasteiger partial charge < -0.3 is 15.6 Å². The number of sulfonamides is 1. The predicted octanol–water partition coefficient (Wildman–Crippen LogP) is -1.24. The van der Waals surface area contributed by atoms with E-state index >= 15 is 0 Å². The first kappa shape index (κ1) is 19.7. The van der Waals surface area contributed by atoms with Crippen molar-refractivity contribution in [3.05, 3.63) is 46.2 Å². The predicted molar refractivity (Wildman–Crippen MR) is 98.7 cm³/mol. The molecule has 2 aromatic heterocycles. The SMILES string of the molecule is N#Cc1cc([NH+]([O-])C2=CC(C3CC3)=N[NH+]2[O-])nc(-c2ccc(S(=O)(=O)NO)s2)n1. The summed E-state index contributed by atoms with van der Waals surface area (Å²) in [6.07, 6.45) is 3.30. The number of aromatic nitrogens is 2. The Balaban J connectivity index is 1.70. The van der Waals surface area contributed by atoms with E-state index in [0.29, 0.717) is 5.71 Å². The molecule has 4 rings (SSSR count). The van der Waals surface area contributed by atoms with Crippen molar-refractivity contribution in [1.29, 1.82) is 5.26 Å². The van der Waals surface area contributed by atoms with Gasteiger partial charge in [0, 0.05) is 5.92 Å². The van der Waals surface area contributed by atoms with Crippen molar-refractivity contribution in [2.45, 2.75) is 17.1 Å². The molecule has 1 aliphatic carbocycles. The van der Waals surface area contributed by atoms with E-state index in [0.717, 1.165) is 30.2 Å². The van der Waals surface area contributed by atoms with Crippen LogP contribution in [0.3, 0.4) is 0 Å². The second kappa shape index (κ2) is 7.33. The molecule has 0 aromatic carbocycles. The summed E-state index contributed by atoms with van der Waals surface area (Å²) in [5.41, 5.74) is 0.462. The van der Waals surface area contributed by atoms with Crippen molar-refractivity contribution >= 4 is 32.9 Å². The summed E-state index contributed by atoms with van der Waals surface area (Å²) in [6, 6.07) is 5.59. The van der Waals surface area contributed by atoms with Crippen LogP contribution in [0.15, 0.2) is 39.4 Å². The normalized spacial score (nSPS) is 20.1. The zero-order valence-electron chi connectivity index (χ0n) is 14.5. The van der Waals surface area contributed by atoms with Crippen LogP contribution in [0, 0.1) is 27.7 Å². The van der Waals surface area contributed by atoms with Crippen LogP contribution in [-0.2, 0) is 10.0 Å². The first-order valence-corrected chi connectivity index (χ1v) is 10.6. The molecule has 14 heteroatoms. The molecule has 0 spiro atoms.